The largest absolute Gasteiger partial charge is 0.371 e. The van der Waals surface area contributed by atoms with Crippen LogP contribution in [0.3, 0.4) is 0 Å². The highest BCUT2D eigenvalue weighted by molar-refractivity contribution is 9.10. The highest BCUT2D eigenvalue weighted by Crippen LogP contribution is 2.26. The van der Waals surface area contributed by atoms with E-state index in [1.165, 1.54) is 11.3 Å². The third-order valence-electron chi connectivity index (χ3n) is 3.12. The van der Waals surface area contributed by atoms with Gasteiger partial charge in [0.2, 0.25) is 0 Å². The Morgan fingerprint density at radius 3 is 2.20 bits per heavy atom. The molecule has 0 aliphatic heterocycles. The average molecular weight is 341 g/mol. The van der Waals surface area contributed by atoms with Crippen LogP contribution in [0.15, 0.2) is 22.7 Å². The maximum atomic E-state index is 3.59. The molecule has 0 atom stereocenters. The van der Waals surface area contributed by atoms with Crippen molar-refractivity contribution >= 4 is 21.6 Å². The molecule has 0 amide bonds. The Bertz CT molecular complexity index is 392. The second-order valence-electron chi connectivity index (χ2n) is 6.25. The molecule has 114 valence electrons. The fourth-order valence-electron chi connectivity index (χ4n) is 2.42. The number of halogens is 1. The molecule has 3 heteroatoms. The molecule has 0 heterocycles. The minimum absolute atomic E-state index is 0.671. The summed E-state index contributed by atoms with van der Waals surface area (Å²) in [4.78, 5) is 2.54. The van der Waals surface area contributed by atoms with Crippen LogP contribution in [0.5, 0.6) is 0 Å². The zero-order valence-corrected chi connectivity index (χ0v) is 15.1. The van der Waals surface area contributed by atoms with Crippen LogP contribution in [0.1, 0.15) is 40.2 Å². The molecule has 0 fully saturated rings. The molecule has 1 N–H and O–H groups in total. The number of rotatable bonds is 8. The second kappa shape index (κ2) is 8.68. The van der Waals surface area contributed by atoms with Crippen LogP contribution in [-0.4, -0.2) is 19.6 Å². The lowest BCUT2D eigenvalue weighted by Gasteiger charge is -2.30. The highest BCUT2D eigenvalue weighted by atomic mass is 79.9. The van der Waals surface area contributed by atoms with Crippen molar-refractivity contribution < 1.29 is 0 Å². The quantitative estimate of drug-likeness (QED) is 0.739. The maximum absolute atomic E-state index is 3.59. The summed E-state index contributed by atoms with van der Waals surface area (Å²) in [5, 5.41) is 3.45. The van der Waals surface area contributed by atoms with Crippen LogP contribution in [0.2, 0.25) is 0 Å². The van der Waals surface area contributed by atoms with E-state index >= 15 is 0 Å². The molecular weight excluding hydrogens is 312 g/mol. The van der Waals surface area contributed by atoms with Crippen molar-refractivity contribution in [3.05, 3.63) is 28.2 Å². The summed E-state index contributed by atoms with van der Waals surface area (Å²) in [6.07, 6.45) is 0. The third kappa shape index (κ3) is 5.84. The Kier molecular flexibility index (Phi) is 7.60. The van der Waals surface area contributed by atoms with Crippen LogP contribution >= 0.6 is 15.9 Å². The van der Waals surface area contributed by atoms with Crippen LogP contribution < -0.4 is 10.2 Å². The van der Waals surface area contributed by atoms with Gasteiger partial charge in [-0.2, -0.15) is 0 Å². The summed E-state index contributed by atoms with van der Waals surface area (Å²) < 4.78 is 1.16. The van der Waals surface area contributed by atoms with Gasteiger partial charge in [0.1, 0.15) is 0 Å². The van der Waals surface area contributed by atoms with E-state index in [1.807, 2.05) is 0 Å². The van der Waals surface area contributed by atoms with Gasteiger partial charge < -0.3 is 10.2 Å². The number of nitrogens with zero attached hydrogens (tertiary/aromatic N) is 1. The molecule has 1 rings (SSSR count). The predicted octanol–water partition coefficient (Wildman–Crippen LogP) is 4.68. The smallest absolute Gasteiger partial charge is 0.0412 e. The minimum Gasteiger partial charge on any atom is -0.371 e. The number of hydrogen-bond acceptors (Lipinski definition) is 2. The molecule has 1 aromatic rings. The van der Waals surface area contributed by atoms with Crippen molar-refractivity contribution in [1.29, 1.82) is 0 Å². The van der Waals surface area contributed by atoms with Gasteiger partial charge in [-0.3, -0.25) is 0 Å². The number of hydrogen-bond donors (Lipinski definition) is 1. The Balaban J connectivity index is 3.03. The van der Waals surface area contributed by atoms with Crippen LogP contribution in [0.25, 0.3) is 0 Å². The van der Waals surface area contributed by atoms with Crippen molar-refractivity contribution in [1.82, 2.24) is 5.32 Å². The Morgan fingerprint density at radius 2 is 1.70 bits per heavy atom. The predicted molar refractivity (Wildman–Crippen MR) is 93.4 cm³/mol. The lowest BCUT2D eigenvalue weighted by molar-refractivity contribution is 0.550. The van der Waals surface area contributed by atoms with E-state index in [0.717, 1.165) is 30.7 Å². The molecule has 0 bridgehead atoms. The zero-order valence-electron chi connectivity index (χ0n) is 13.5. The minimum atomic E-state index is 0.671. The summed E-state index contributed by atoms with van der Waals surface area (Å²) in [6.45, 7) is 15.5. The molecule has 0 saturated carbocycles. The topological polar surface area (TPSA) is 15.3 Å². The maximum Gasteiger partial charge on any atom is 0.0412 e. The van der Waals surface area contributed by atoms with Crippen LogP contribution in [0, 0.1) is 11.8 Å². The van der Waals surface area contributed by atoms with E-state index < -0.39 is 0 Å². The Morgan fingerprint density at radius 1 is 1.10 bits per heavy atom. The summed E-state index contributed by atoms with van der Waals surface area (Å²) in [7, 11) is 0. The number of anilines is 1. The first-order valence-corrected chi connectivity index (χ1v) is 8.47. The molecule has 0 saturated heterocycles. The molecule has 1 aromatic carbocycles. The van der Waals surface area contributed by atoms with Crippen molar-refractivity contribution in [2.45, 2.75) is 41.2 Å². The molecule has 0 radical (unpaired) electrons. The summed E-state index contributed by atoms with van der Waals surface area (Å²) >= 11 is 3.59. The summed E-state index contributed by atoms with van der Waals surface area (Å²) in [5.41, 5.74) is 2.75. The van der Waals surface area contributed by atoms with Gasteiger partial charge in [0.05, 0.1) is 0 Å². The Labute approximate surface area is 133 Å². The monoisotopic (exact) mass is 340 g/mol. The van der Waals surface area contributed by atoms with Gasteiger partial charge in [-0.25, -0.2) is 0 Å². The van der Waals surface area contributed by atoms with Crippen molar-refractivity contribution in [2.24, 2.45) is 11.8 Å². The molecule has 0 aromatic heterocycles. The molecule has 0 aliphatic carbocycles. The van der Waals surface area contributed by atoms with E-state index in [1.54, 1.807) is 0 Å². The van der Waals surface area contributed by atoms with Crippen molar-refractivity contribution in [2.75, 3.05) is 24.5 Å². The number of benzene rings is 1. The molecule has 2 nitrogen and oxygen atoms in total. The fraction of sp³-hybridized carbons (Fsp3) is 0.647. The fourth-order valence-corrected chi connectivity index (χ4v) is 2.83. The third-order valence-corrected chi connectivity index (χ3v) is 3.61. The van der Waals surface area contributed by atoms with E-state index in [-0.39, 0.29) is 0 Å². The van der Waals surface area contributed by atoms with Gasteiger partial charge in [-0.1, -0.05) is 50.5 Å². The van der Waals surface area contributed by atoms with Gasteiger partial charge in [0, 0.05) is 29.8 Å². The number of nitrogens with one attached hydrogen (secondary N) is 1. The molecule has 20 heavy (non-hydrogen) atoms. The first-order chi connectivity index (χ1) is 9.43. The van der Waals surface area contributed by atoms with Crippen molar-refractivity contribution in [3.8, 4) is 0 Å². The van der Waals surface area contributed by atoms with Crippen LogP contribution in [-0.2, 0) is 6.54 Å². The normalized spacial score (nSPS) is 11.4. The lowest BCUT2D eigenvalue weighted by atomic mass is 10.1. The van der Waals surface area contributed by atoms with E-state index in [9.17, 15) is 0 Å². The standard InChI is InChI=1S/C17H29BrN2/c1-6-19-10-15-9-16(18)7-8-17(15)20(11-13(2)3)12-14(4)5/h7-9,13-14,19H,6,10-12H2,1-5H3. The zero-order chi connectivity index (χ0) is 15.1. The first-order valence-electron chi connectivity index (χ1n) is 7.68. The highest BCUT2D eigenvalue weighted by Gasteiger charge is 2.14. The van der Waals surface area contributed by atoms with Crippen LogP contribution in [0.4, 0.5) is 5.69 Å². The van der Waals surface area contributed by atoms with Gasteiger partial charge in [-0.15, -0.1) is 0 Å². The molecule has 0 spiro atoms. The van der Waals surface area contributed by atoms with Gasteiger partial charge in [0.25, 0.3) is 0 Å². The summed E-state index contributed by atoms with van der Waals surface area (Å²) in [6, 6.07) is 6.64. The van der Waals surface area contributed by atoms with E-state index in [2.05, 4.69) is 79.0 Å². The second-order valence-corrected chi connectivity index (χ2v) is 7.16. The lowest BCUT2D eigenvalue weighted by Crippen LogP contribution is -2.32. The SMILES string of the molecule is CCNCc1cc(Br)ccc1N(CC(C)C)CC(C)C. The molecule has 0 unspecified atom stereocenters. The van der Waals surface area contributed by atoms with Crippen molar-refractivity contribution in [3.63, 3.8) is 0 Å². The molecule has 0 aliphatic rings. The molecular formula is C17H29BrN2. The van der Waals surface area contributed by atoms with E-state index in [4.69, 9.17) is 0 Å². The Hall–Kier alpha value is -0.540. The van der Waals surface area contributed by atoms with Gasteiger partial charge >= 0.3 is 0 Å². The van der Waals surface area contributed by atoms with E-state index in [0.29, 0.717) is 11.8 Å². The first kappa shape index (κ1) is 17.5. The average Bonchev–Trinajstić information content (AvgIpc) is 2.34. The van der Waals surface area contributed by atoms with Gasteiger partial charge in [0.15, 0.2) is 0 Å². The summed E-state index contributed by atoms with van der Waals surface area (Å²) in [5.74, 6) is 1.34. The van der Waals surface area contributed by atoms with Gasteiger partial charge in [-0.05, 0) is 42.1 Å².